The average Bonchev–Trinajstić information content (AvgIpc) is 3.06. The molecular weight excluding hydrogens is 388 g/mol. The van der Waals surface area contributed by atoms with Gasteiger partial charge in [-0.1, -0.05) is 50.6 Å². The van der Waals surface area contributed by atoms with Crippen molar-refractivity contribution in [1.82, 2.24) is 0 Å². The minimum absolute atomic E-state index is 0.00230. The van der Waals surface area contributed by atoms with Crippen molar-refractivity contribution in [2.45, 2.75) is 109 Å². The lowest BCUT2D eigenvalue weighted by Gasteiger charge is -2.48. The summed E-state index contributed by atoms with van der Waals surface area (Å²) in [5.74, 6) is 0.494. The van der Waals surface area contributed by atoms with Crippen LogP contribution in [0.2, 0.25) is 0 Å². The molecule has 31 heavy (non-hydrogen) atoms. The van der Waals surface area contributed by atoms with Gasteiger partial charge in [0.2, 0.25) is 0 Å². The van der Waals surface area contributed by atoms with Crippen molar-refractivity contribution in [2.24, 2.45) is 23.2 Å². The van der Waals surface area contributed by atoms with Crippen LogP contribution in [0.15, 0.2) is 35.5 Å². The van der Waals surface area contributed by atoms with E-state index < -0.39 is 17.8 Å². The van der Waals surface area contributed by atoms with Crippen LogP contribution in [-0.2, 0) is 0 Å². The summed E-state index contributed by atoms with van der Waals surface area (Å²) in [6.07, 6.45) is 10.3. The van der Waals surface area contributed by atoms with E-state index in [9.17, 15) is 20.4 Å². The van der Waals surface area contributed by atoms with Crippen molar-refractivity contribution in [3.8, 4) is 0 Å². The van der Waals surface area contributed by atoms with Crippen molar-refractivity contribution < 1.29 is 20.4 Å². The molecule has 0 bridgehead atoms. The second-order valence-electron chi connectivity index (χ2n) is 11.3. The Morgan fingerprint density at radius 3 is 2.55 bits per heavy atom. The fourth-order valence-corrected chi connectivity index (χ4v) is 6.79. The first kappa shape index (κ1) is 24.7. The molecule has 0 radical (unpaired) electrons. The Hall–Kier alpha value is -0.940. The molecule has 3 aliphatic rings. The van der Waals surface area contributed by atoms with E-state index in [-0.39, 0.29) is 29.8 Å². The fourth-order valence-electron chi connectivity index (χ4n) is 6.79. The van der Waals surface area contributed by atoms with E-state index in [2.05, 4.69) is 25.7 Å². The van der Waals surface area contributed by atoms with Crippen molar-refractivity contribution in [3.63, 3.8) is 0 Å². The second kappa shape index (κ2) is 9.51. The highest BCUT2D eigenvalue weighted by molar-refractivity contribution is 5.36. The van der Waals surface area contributed by atoms with E-state index >= 15 is 0 Å². The minimum atomic E-state index is -1.01. The van der Waals surface area contributed by atoms with E-state index in [0.717, 1.165) is 50.5 Å². The lowest BCUT2D eigenvalue weighted by atomic mass is 9.59. The molecule has 3 rings (SSSR count). The molecule has 0 saturated heterocycles. The third-order valence-electron chi connectivity index (χ3n) is 8.60. The molecule has 4 heteroatoms. The van der Waals surface area contributed by atoms with Gasteiger partial charge in [-0.15, -0.1) is 0 Å². The summed E-state index contributed by atoms with van der Waals surface area (Å²) in [5, 5.41) is 42.3. The van der Waals surface area contributed by atoms with Crippen LogP contribution >= 0.6 is 0 Å². The van der Waals surface area contributed by atoms with Gasteiger partial charge in [-0.05, 0) is 87.0 Å². The Morgan fingerprint density at radius 1 is 1.16 bits per heavy atom. The quantitative estimate of drug-likeness (QED) is 0.491. The number of rotatable bonds is 6. The SMILES string of the molecule is C=C1CC[C@@H](O)C/C1=C/C=C1\CCC[C@@]2(C)[C@H]1CC[C@@H]2[C@](C)(O)CC(O)C(O)C(C)C. The van der Waals surface area contributed by atoms with Gasteiger partial charge in [0.05, 0.1) is 23.9 Å². The van der Waals surface area contributed by atoms with Crippen LogP contribution < -0.4 is 0 Å². The Bertz CT molecular complexity index is 719. The summed E-state index contributed by atoms with van der Waals surface area (Å²) in [4.78, 5) is 0. The Morgan fingerprint density at radius 2 is 1.87 bits per heavy atom. The molecular formula is C27H44O4. The second-order valence-corrected chi connectivity index (χ2v) is 11.3. The number of aliphatic hydroxyl groups excluding tert-OH is 3. The highest BCUT2D eigenvalue weighted by atomic mass is 16.3. The molecule has 3 fully saturated rings. The van der Waals surface area contributed by atoms with Crippen LogP contribution in [0.3, 0.4) is 0 Å². The Kier molecular flexibility index (Phi) is 7.57. The van der Waals surface area contributed by atoms with Gasteiger partial charge in [0.25, 0.3) is 0 Å². The van der Waals surface area contributed by atoms with Crippen molar-refractivity contribution >= 4 is 0 Å². The molecule has 0 amide bonds. The van der Waals surface area contributed by atoms with Gasteiger partial charge in [-0.25, -0.2) is 0 Å². The first-order chi connectivity index (χ1) is 14.5. The van der Waals surface area contributed by atoms with Crippen LogP contribution in [0.25, 0.3) is 0 Å². The highest BCUT2D eigenvalue weighted by Crippen LogP contribution is 2.60. The molecule has 4 nitrogen and oxygen atoms in total. The summed E-state index contributed by atoms with van der Waals surface area (Å²) in [6.45, 7) is 12.1. The molecule has 3 aliphatic carbocycles. The summed E-state index contributed by atoms with van der Waals surface area (Å²) in [6, 6.07) is 0. The van der Waals surface area contributed by atoms with Gasteiger partial charge in [-0.2, -0.15) is 0 Å². The monoisotopic (exact) mass is 432 g/mol. The molecule has 3 saturated carbocycles. The van der Waals surface area contributed by atoms with Gasteiger partial charge >= 0.3 is 0 Å². The predicted molar refractivity (Wildman–Crippen MR) is 125 cm³/mol. The van der Waals surface area contributed by atoms with Crippen LogP contribution in [0.1, 0.15) is 85.5 Å². The largest absolute Gasteiger partial charge is 0.393 e. The standard InChI is InChI=1S/C27H44O4/c1-17(2)25(30)23(29)16-27(5,31)24-13-12-22-19(7-6-14-26(22,24)4)9-10-20-15-21(28)11-8-18(20)3/h9-10,17,21-25,28-31H,3,6-8,11-16H2,1-2,4-5H3/b19-9+,20-10-/t21-,22+,23?,24+,25?,26+,27-/m1/s1. The van der Waals surface area contributed by atoms with Crippen molar-refractivity contribution in [1.29, 1.82) is 0 Å². The Labute approximate surface area is 188 Å². The van der Waals surface area contributed by atoms with Crippen LogP contribution in [0, 0.1) is 23.2 Å². The molecule has 0 heterocycles. The number of aliphatic hydroxyl groups is 4. The lowest BCUT2D eigenvalue weighted by molar-refractivity contribution is -0.109. The normalized spacial score (nSPS) is 38.4. The fraction of sp³-hybridized carbons (Fsp3) is 0.778. The number of allylic oxidation sites excluding steroid dienone is 4. The van der Waals surface area contributed by atoms with Crippen molar-refractivity contribution in [3.05, 3.63) is 35.5 Å². The summed E-state index contributed by atoms with van der Waals surface area (Å²) >= 11 is 0. The van der Waals surface area contributed by atoms with E-state index in [1.54, 1.807) is 0 Å². The number of hydrogen-bond acceptors (Lipinski definition) is 4. The molecule has 7 atom stereocenters. The lowest BCUT2D eigenvalue weighted by Crippen LogP contribution is -2.48. The molecule has 2 unspecified atom stereocenters. The summed E-state index contributed by atoms with van der Waals surface area (Å²) < 4.78 is 0. The number of hydrogen-bond donors (Lipinski definition) is 4. The minimum Gasteiger partial charge on any atom is -0.393 e. The molecule has 0 spiro atoms. The molecule has 0 aromatic rings. The zero-order valence-electron chi connectivity index (χ0n) is 20.0. The van der Waals surface area contributed by atoms with E-state index in [1.807, 2.05) is 20.8 Å². The maximum absolute atomic E-state index is 11.5. The molecule has 4 N–H and O–H groups in total. The van der Waals surface area contributed by atoms with E-state index in [1.165, 1.54) is 11.1 Å². The molecule has 0 aromatic carbocycles. The summed E-state index contributed by atoms with van der Waals surface area (Å²) in [7, 11) is 0. The van der Waals surface area contributed by atoms with Crippen LogP contribution in [0.4, 0.5) is 0 Å². The van der Waals surface area contributed by atoms with E-state index in [0.29, 0.717) is 12.3 Å². The maximum Gasteiger partial charge on any atom is 0.0829 e. The molecule has 0 aliphatic heterocycles. The number of fused-ring (bicyclic) bond motifs is 1. The van der Waals surface area contributed by atoms with Crippen LogP contribution in [-0.4, -0.2) is 44.3 Å². The third kappa shape index (κ3) is 5.19. The van der Waals surface area contributed by atoms with Gasteiger partial charge in [0, 0.05) is 6.42 Å². The van der Waals surface area contributed by atoms with Gasteiger partial charge in [0.1, 0.15) is 0 Å². The van der Waals surface area contributed by atoms with Crippen molar-refractivity contribution in [2.75, 3.05) is 0 Å². The molecule has 0 aromatic heterocycles. The van der Waals surface area contributed by atoms with E-state index in [4.69, 9.17) is 0 Å². The van der Waals surface area contributed by atoms with Crippen LogP contribution in [0.5, 0.6) is 0 Å². The average molecular weight is 433 g/mol. The summed E-state index contributed by atoms with van der Waals surface area (Å²) in [5.41, 5.74) is 2.76. The van der Waals surface area contributed by atoms with Gasteiger partial charge in [-0.3, -0.25) is 0 Å². The maximum atomic E-state index is 11.5. The first-order valence-electron chi connectivity index (χ1n) is 12.3. The highest BCUT2D eigenvalue weighted by Gasteiger charge is 2.55. The smallest absolute Gasteiger partial charge is 0.0829 e. The topological polar surface area (TPSA) is 80.9 Å². The first-order valence-corrected chi connectivity index (χ1v) is 12.3. The Balaban J connectivity index is 1.78. The predicted octanol–water partition coefficient (Wildman–Crippen LogP) is 4.68. The van der Waals surface area contributed by atoms with Gasteiger partial charge in [0.15, 0.2) is 0 Å². The zero-order valence-corrected chi connectivity index (χ0v) is 20.0. The third-order valence-corrected chi connectivity index (χ3v) is 8.60. The molecule has 176 valence electrons. The zero-order chi connectivity index (χ0) is 23.0. The van der Waals surface area contributed by atoms with Gasteiger partial charge < -0.3 is 20.4 Å².